The van der Waals surface area contributed by atoms with Crippen LogP contribution in [0.3, 0.4) is 0 Å². The number of unbranched alkanes of at least 4 members (excludes halogenated alkanes) is 41. The average molecular weight is 1160 g/mol. The molecule has 0 aliphatic carbocycles. The number of ether oxygens (including phenoxy) is 3. The quantitative estimate of drug-likeness (QED) is 0.0261. The molecule has 6 heteroatoms. The monoisotopic (exact) mass is 1160 g/mol. The first-order valence-corrected chi connectivity index (χ1v) is 36.1. The smallest absolute Gasteiger partial charge is 0.306 e. The lowest BCUT2D eigenvalue weighted by molar-refractivity contribution is -0.167. The molecule has 1 atom stereocenters. The minimum absolute atomic E-state index is 0.0823. The van der Waals surface area contributed by atoms with Crippen LogP contribution in [0.5, 0.6) is 0 Å². The fourth-order valence-corrected chi connectivity index (χ4v) is 10.5. The molecule has 0 bridgehead atoms. The van der Waals surface area contributed by atoms with Crippen molar-refractivity contribution in [3.8, 4) is 0 Å². The maximum Gasteiger partial charge on any atom is 0.306 e. The van der Waals surface area contributed by atoms with Crippen LogP contribution in [0, 0.1) is 0 Å². The van der Waals surface area contributed by atoms with Crippen molar-refractivity contribution in [2.75, 3.05) is 13.2 Å². The molecule has 480 valence electrons. The Morgan fingerprint density at radius 1 is 0.253 bits per heavy atom. The highest BCUT2D eigenvalue weighted by Gasteiger charge is 2.19. The third kappa shape index (κ3) is 69.3. The molecule has 0 saturated heterocycles. The molecule has 0 N–H and O–H groups in total. The normalized spacial score (nSPS) is 12.6. The van der Waals surface area contributed by atoms with Gasteiger partial charge in [0.1, 0.15) is 13.2 Å². The molecule has 0 fully saturated rings. The van der Waals surface area contributed by atoms with Crippen LogP contribution in [-0.4, -0.2) is 37.2 Å². The Kier molecular flexibility index (Phi) is 68.2. The number of esters is 3. The fourth-order valence-electron chi connectivity index (χ4n) is 10.5. The number of rotatable bonds is 66. The van der Waals surface area contributed by atoms with E-state index in [9.17, 15) is 14.4 Å². The Hall–Kier alpha value is -3.41. The minimum Gasteiger partial charge on any atom is -0.462 e. The molecule has 0 rings (SSSR count). The Balaban J connectivity index is 4.36. The molecule has 6 nitrogen and oxygen atoms in total. The first kappa shape index (κ1) is 79.6. The van der Waals surface area contributed by atoms with E-state index in [1.807, 2.05) is 0 Å². The SMILES string of the molecule is CC/C=C\C/C=C\C/C=C\C/C=C\C/C=C\C/C=C\CCCCCCCCC(=O)OCC(COC(=O)CCCCCCC/C=C\CCCCCCCCC)OC(=O)CCCCCCCCCCCCCCCCCCCCCCCCCC. The van der Waals surface area contributed by atoms with E-state index in [0.29, 0.717) is 19.3 Å². The predicted octanol–water partition coefficient (Wildman–Crippen LogP) is 25.0. The Bertz CT molecular complexity index is 1570. The molecule has 0 heterocycles. The zero-order valence-corrected chi connectivity index (χ0v) is 55.2. The van der Waals surface area contributed by atoms with E-state index in [-0.39, 0.29) is 31.1 Å². The van der Waals surface area contributed by atoms with Crippen LogP contribution in [-0.2, 0) is 28.6 Å². The molecule has 0 aromatic rings. The van der Waals surface area contributed by atoms with Crippen molar-refractivity contribution in [3.63, 3.8) is 0 Å². The zero-order valence-electron chi connectivity index (χ0n) is 55.2. The van der Waals surface area contributed by atoms with Gasteiger partial charge in [-0.25, -0.2) is 0 Å². The summed E-state index contributed by atoms with van der Waals surface area (Å²) >= 11 is 0. The lowest BCUT2D eigenvalue weighted by Crippen LogP contribution is -2.30. The van der Waals surface area contributed by atoms with Crippen LogP contribution in [0.1, 0.15) is 367 Å². The van der Waals surface area contributed by atoms with Gasteiger partial charge in [-0.15, -0.1) is 0 Å². The van der Waals surface area contributed by atoms with Gasteiger partial charge < -0.3 is 14.2 Å². The van der Waals surface area contributed by atoms with Crippen molar-refractivity contribution in [2.24, 2.45) is 0 Å². The van der Waals surface area contributed by atoms with E-state index in [4.69, 9.17) is 14.2 Å². The van der Waals surface area contributed by atoms with E-state index >= 15 is 0 Å². The number of hydrogen-bond acceptors (Lipinski definition) is 6. The molecular formula is C77H136O6. The molecule has 0 aromatic carbocycles. The van der Waals surface area contributed by atoms with Gasteiger partial charge in [-0.2, -0.15) is 0 Å². The summed E-state index contributed by atoms with van der Waals surface area (Å²) in [6, 6.07) is 0. The summed E-state index contributed by atoms with van der Waals surface area (Å²) in [6.45, 7) is 6.56. The standard InChI is InChI=1S/C77H136O6/c1-4-7-10-13-16-19-22-25-28-31-33-35-37-39-41-42-44-46-49-52-55-58-61-64-67-70-76(79)82-73-74(72-81-75(78)69-66-63-60-57-54-51-48-30-27-24-21-18-15-12-9-6-3)83-77(80)71-68-65-62-59-56-53-50-47-45-43-40-38-36-34-32-29-26-23-20-17-14-11-8-5-2/h7,10,16,19,25,28,30,33,35,39,41,44,46,48,74H,4-6,8-9,11-15,17-18,20-24,26-27,29,31-32,34,36-38,40,42-43,45,47,49-73H2,1-3H3/b10-7-,19-16-,28-25-,35-33-,41-39-,46-44-,48-30-. The highest BCUT2D eigenvalue weighted by molar-refractivity contribution is 5.71. The van der Waals surface area contributed by atoms with E-state index in [0.717, 1.165) is 116 Å². The van der Waals surface area contributed by atoms with E-state index in [2.05, 4.69) is 106 Å². The second-order valence-corrected chi connectivity index (χ2v) is 24.1. The maximum absolute atomic E-state index is 13.0. The summed E-state index contributed by atoms with van der Waals surface area (Å²) in [5, 5.41) is 0. The molecule has 0 amide bonds. The van der Waals surface area contributed by atoms with E-state index in [1.54, 1.807) is 0 Å². The second-order valence-electron chi connectivity index (χ2n) is 24.1. The van der Waals surface area contributed by atoms with E-state index in [1.165, 1.54) is 212 Å². The number of hydrogen-bond donors (Lipinski definition) is 0. The Morgan fingerprint density at radius 2 is 0.470 bits per heavy atom. The van der Waals surface area contributed by atoms with Gasteiger partial charge in [0.2, 0.25) is 0 Å². The Labute approximate surface area is 515 Å². The van der Waals surface area contributed by atoms with Crippen LogP contribution < -0.4 is 0 Å². The van der Waals surface area contributed by atoms with Crippen molar-refractivity contribution >= 4 is 17.9 Å². The summed E-state index contributed by atoms with van der Waals surface area (Å²) < 4.78 is 17.0. The topological polar surface area (TPSA) is 78.9 Å². The third-order valence-corrected chi connectivity index (χ3v) is 15.9. The molecule has 0 aliphatic rings. The average Bonchev–Trinajstić information content (AvgIpc) is 3.50. The highest BCUT2D eigenvalue weighted by atomic mass is 16.6. The predicted molar refractivity (Wildman–Crippen MR) is 362 cm³/mol. The molecular weight excluding hydrogens is 1020 g/mol. The van der Waals surface area contributed by atoms with Crippen molar-refractivity contribution < 1.29 is 28.6 Å². The number of carbonyl (C=O) groups excluding carboxylic acids is 3. The molecule has 1 unspecified atom stereocenters. The molecule has 0 spiro atoms. The van der Waals surface area contributed by atoms with Crippen LogP contribution >= 0.6 is 0 Å². The molecule has 83 heavy (non-hydrogen) atoms. The van der Waals surface area contributed by atoms with Crippen LogP contribution in [0.2, 0.25) is 0 Å². The van der Waals surface area contributed by atoms with Crippen molar-refractivity contribution in [2.45, 2.75) is 374 Å². The van der Waals surface area contributed by atoms with Crippen LogP contribution in [0.15, 0.2) is 85.1 Å². The van der Waals surface area contributed by atoms with Crippen molar-refractivity contribution in [1.82, 2.24) is 0 Å². The lowest BCUT2D eigenvalue weighted by atomic mass is 10.0. The first-order valence-electron chi connectivity index (χ1n) is 36.1. The van der Waals surface area contributed by atoms with Gasteiger partial charge in [-0.1, -0.05) is 337 Å². The minimum atomic E-state index is -0.787. The molecule has 0 aliphatic heterocycles. The first-order chi connectivity index (χ1) is 41.0. The maximum atomic E-state index is 13.0. The second kappa shape index (κ2) is 71.1. The summed E-state index contributed by atoms with van der Waals surface area (Å²) in [7, 11) is 0. The number of allylic oxidation sites excluding steroid dienone is 14. The third-order valence-electron chi connectivity index (χ3n) is 15.9. The summed E-state index contributed by atoms with van der Waals surface area (Å²) in [5.41, 5.74) is 0. The molecule has 0 aromatic heterocycles. The summed E-state index contributed by atoms with van der Waals surface area (Å²) in [5.74, 6) is -0.883. The van der Waals surface area contributed by atoms with Crippen molar-refractivity contribution in [1.29, 1.82) is 0 Å². The largest absolute Gasteiger partial charge is 0.462 e. The van der Waals surface area contributed by atoms with Gasteiger partial charge in [-0.3, -0.25) is 14.4 Å². The summed E-state index contributed by atoms with van der Waals surface area (Å²) in [6.07, 6.45) is 94.7. The highest BCUT2D eigenvalue weighted by Crippen LogP contribution is 2.18. The lowest BCUT2D eigenvalue weighted by Gasteiger charge is -2.18. The number of carbonyl (C=O) groups is 3. The van der Waals surface area contributed by atoms with Crippen molar-refractivity contribution in [3.05, 3.63) is 85.1 Å². The van der Waals surface area contributed by atoms with Crippen LogP contribution in [0.4, 0.5) is 0 Å². The van der Waals surface area contributed by atoms with Gasteiger partial charge in [0.25, 0.3) is 0 Å². The van der Waals surface area contributed by atoms with Gasteiger partial charge in [-0.05, 0) is 96.3 Å². The zero-order chi connectivity index (χ0) is 59.9. The fraction of sp³-hybridized carbons (Fsp3) is 0.779. The van der Waals surface area contributed by atoms with Gasteiger partial charge in [0.15, 0.2) is 6.10 Å². The van der Waals surface area contributed by atoms with Gasteiger partial charge >= 0.3 is 17.9 Å². The molecule has 0 radical (unpaired) electrons. The van der Waals surface area contributed by atoms with Crippen LogP contribution in [0.25, 0.3) is 0 Å². The van der Waals surface area contributed by atoms with Gasteiger partial charge in [0.05, 0.1) is 0 Å². The Morgan fingerprint density at radius 3 is 0.747 bits per heavy atom. The van der Waals surface area contributed by atoms with Gasteiger partial charge in [0, 0.05) is 19.3 Å². The summed E-state index contributed by atoms with van der Waals surface area (Å²) in [4.78, 5) is 38.5. The molecule has 0 saturated carbocycles. The van der Waals surface area contributed by atoms with E-state index < -0.39 is 6.10 Å².